The molecule has 1 aliphatic carbocycles. The average molecular weight is 136 g/mol. The summed E-state index contributed by atoms with van der Waals surface area (Å²) in [5.41, 5.74) is 3.06. The van der Waals surface area contributed by atoms with Crippen LogP contribution in [0.1, 0.15) is 11.1 Å². The lowest BCUT2D eigenvalue weighted by Crippen LogP contribution is -1.90. The van der Waals surface area contributed by atoms with Gasteiger partial charge >= 0.3 is 0 Å². The lowest BCUT2D eigenvalue weighted by atomic mass is 10.0. The fourth-order valence-corrected chi connectivity index (χ4v) is 2.02. The van der Waals surface area contributed by atoms with Crippen LogP contribution in [-0.2, 0) is 12.8 Å². The molecular weight excluding hydrogens is 128 g/mol. The Morgan fingerprint density at radius 1 is 1.00 bits per heavy atom. The van der Waals surface area contributed by atoms with Crippen LogP contribution < -0.4 is 0 Å². The molecule has 0 fully saturated rings. The Hall–Kier alpha value is -0.560. The van der Waals surface area contributed by atoms with Crippen LogP contribution in [0, 0.1) is 0 Å². The molecule has 0 N–H and O–H groups in total. The molecule has 9 heavy (non-hydrogen) atoms. The topological polar surface area (TPSA) is 0 Å². The van der Waals surface area contributed by atoms with Crippen molar-refractivity contribution in [1.82, 2.24) is 0 Å². The molecule has 0 radical (unpaired) electrons. The van der Waals surface area contributed by atoms with Crippen molar-refractivity contribution < 1.29 is 0 Å². The van der Waals surface area contributed by atoms with E-state index < -0.39 is 0 Å². The van der Waals surface area contributed by atoms with E-state index in [1.165, 1.54) is 11.1 Å². The molecule has 0 unspecified atom stereocenters. The van der Waals surface area contributed by atoms with E-state index in [0.29, 0.717) is 0 Å². The summed E-state index contributed by atoms with van der Waals surface area (Å²) in [6, 6.07) is 0. The zero-order chi connectivity index (χ0) is 6.10. The minimum atomic E-state index is 1.15. The number of fused-ring (bicyclic) bond motifs is 1. The quantitative estimate of drug-likeness (QED) is 0.480. The Labute approximate surface area is 58.8 Å². The van der Waals surface area contributed by atoms with Crippen molar-refractivity contribution in [1.29, 1.82) is 0 Å². The average Bonchev–Trinajstić information content (AvgIpc) is 2.33. The summed E-state index contributed by atoms with van der Waals surface area (Å²) in [6.07, 6.45) is 6.79. The third-order valence-electron chi connectivity index (χ3n) is 1.68. The predicted molar refractivity (Wildman–Crippen MR) is 40.9 cm³/mol. The number of thiophene rings is 1. The van der Waals surface area contributed by atoms with Crippen molar-refractivity contribution in [3.8, 4) is 0 Å². The normalized spacial score (nSPS) is 15.6. The van der Waals surface area contributed by atoms with Crippen LogP contribution >= 0.6 is 11.3 Å². The Bertz CT molecular complexity index is 210. The summed E-state index contributed by atoms with van der Waals surface area (Å²) >= 11 is 1.82. The summed E-state index contributed by atoms with van der Waals surface area (Å²) in [6.45, 7) is 0. The Morgan fingerprint density at radius 3 is 2.11 bits per heavy atom. The standard InChI is InChI=1S/C8H8S/c1-2-4-8-6-9-5-7(8)3-1/h1-2,5-6H,3-4H2. The number of rotatable bonds is 0. The molecule has 1 heterocycles. The summed E-state index contributed by atoms with van der Waals surface area (Å²) in [7, 11) is 0. The molecule has 0 atom stereocenters. The fourth-order valence-electron chi connectivity index (χ4n) is 1.13. The maximum Gasteiger partial charge on any atom is -0.00551 e. The molecule has 0 saturated carbocycles. The largest absolute Gasteiger partial charge is 0.152 e. The van der Waals surface area contributed by atoms with E-state index in [9.17, 15) is 0 Å². The molecule has 0 aliphatic heterocycles. The van der Waals surface area contributed by atoms with Crippen molar-refractivity contribution in [3.63, 3.8) is 0 Å². The molecule has 1 aromatic heterocycles. The van der Waals surface area contributed by atoms with Gasteiger partial charge in [0, 0.05) is 0 Å². The monoisotopic (exact) mass is 136 g/mol. The summed E-state index contributed by atoms with van der Waals surface area (Å²) in [5.74, 6) is 0. The predicted octanol–water partition coefficient (Wildman–Crippen LogP) is 2.40. The molecule has 46 valence electrons. The molecule has 1 heteroatoms. The highest BCUT2D eigenvalue weighted by Gasteiger charge is 2.03. The second-order valence-corrected chi connectivity index (χ2v) is 3.05. The van der Waals surface area contributed by atoms with Gasteiger partial charge in [-0.05, 0) is 34.7 Å². The molecular formula is C8H8S. The minimum Gasteiger partial charge on any atom is -0.152 e. The van der Waals surface area contributed by atoms with Crippen molar-refractivity contribution in [2.45, 2.75) is 12.8 Å². The zero-order valence-corrected chi connectivity index (χ0v) is 5.95. The van der Waals surface area contributed by atoms with Gasteiger partial charge in [0.05, 0.1) is 0 Å². The van der Waals surface area contributed by atoms with Crippen LogP contribution in [-0.4, -0.2) is 0 Å². The summed E-state index contributed by atoms with van der Waals surface area (Å²) < 4.78 is 0. The van der Waals surface area contributed by atoms with Crippen LogP contribution in [0.3, 0.4) is 0 Å². The lowest BCUT2D eigenvalue weighted by molar-refractivity contribution is 1.12. The van der Waals surface area contributed by atoms with Crippen LogP contribution in [0.15, 0.2) is 22.9 Å². The molecule has 1 aliphatic rings. The van der Waals surface area contributed by atoms with Crippen molar-refractivity contribution >= 4 is 11.3 Å². The molecule has 0 spiro atoms. The summed E-state index contributed by atoms with van der Waals surface area (Å²) in [5, 5.41) is 4.50. The second kappa shape index (κ2) is 1.99. The van der Waals surface area contributed by atoms with Gasteiger partial charge in [0.2, 0.25) is 0 Å². The lowest BCUT2D eigenvalue weighted by Gasteiger charge is -2.02. The number of allylic oxidation sites excluding steroid dienone is 2. The van der Waals surface area contributed by atoms with E-state index in [2.05, 4.69) is 22.9 Å². The van der Waals surface area contributed by atoms with E-state index in [4.69, 9.17) is 0 Å². The highest BCUT2D eigenvalue weighted by molar-refractivity contribution is 7.08. The van der Waals surface area contributed by atoms with Gasteiger partial charge in [-0.25, -0.2) is 0 Å². The third kappa shape index (κ3) is 0.815. The SMILES string of the molecule is C1=CCc2cscc2C1. The van der Waals surface area contributed by atoms with Gasteiger partial charge in [0.15, 0.2) is 0 Å². The van der Waals surface area contributed by atoms with E-state index >= 15 is 0 Å². The Kier molecular flexibility index (Phi) is 1.16. The second-order valence-electron chi connectivity index (χ2n) is 2.30. The van der Waals surface area contributed by atoms with Crippen molar-refractivity contribution in [3.05, 3.63) is 34.0 Å². The Morgan fingerprint density at radius 2 is 1.56 bits per heavy atom. The first-order valence-electron chi connectivity index (χ1n) is 3.16. The zero-order valence-electron chi connectivity index (χ0n) is 5.13. The van der Waals surface area contributed by atoms with E-state index in [1.807, 2.05) is 11.3 Å². The number of hydrogen-bond donors (Lipinski definition) is 0. The smallest absolute Gasteiger partial charge is 0.00551 e. The molecule has 0 bridgehead atoms. The highest BCUT2D eigenvalue weighted by Crippen LogP contribution is 2.19. The first-order chi connectivity index (χ1) is 4.47. The van der Waals surface area contributed by atoms with Gasteiger partial charge in [0.25, 0.3) is 0 Å². The van der Waals surface area contributed by atoms with E-state index in [0.717, 1.165) is 12.8 Å². The van der Waals surface area contributed by atoms with Gasteiger partial charge in [0.1, 0.15) is 0 Å². The maximum absolute atomic E-state index is 2.25. The fraction of sp³-hybridized carbons (Fsp3) is 0.250. The molecule has 1 aromatic rings. The van der Waals surface area contributed by atoms with Crippen LogP contribution in [0.5, 0.6) is 0 Å². The highest BCUT2D eigenvalue weighted by atomic mass is 32.1. The van der Waals surface area contributed by atoms with Gasteiger partial charge < -0.3 is 0 Å². The minimum absolute atomic E-state index is 1.15. The molecule has 0 amide bonds. The van der Waals surface area contributed by atoms with Gasteiger partial charge in [-0.3, -0.25) is 0 Å². The van der Waals surface area contributed by atoms with Crippen LogP contribution in [0.4, 0.5) is 0 Å². The molecule has 0 saturated heterocycles. The molecule has 0 aromatic carbocycles. The summed E-state index contributed by atoms with van der Waals surface area (Å²) in [4.78, 5) is 0. The molecule has 2 rings (SSSR count). The number of hydrogen-bond acceptors (Lipinski definition) is 1. The van der Waals surface area contributed by atoms with Crippen LogP contribution in [0.25, 0.3) is 0 Å². The van der Waals surface area contributed by atoms with Gasteiger partial charge in [-0.1, -0.05) is 12.2 Å². The molecule has 0 nitrogen and oxygen atoms in total. The van der Waals surface area contributed by atoms with E-state index in [1.54, 1.807) is 0 Å². The Balaban J connectivity index is 2.46. The maximum atomic E-state index is 2.25. The first-order valence-corrected chi connectivity index (χ1v) is 4.10. The van der Waals surface area contributed by atoms with Crippen molar-refractivity contribution in [2.75, 3.05) is 0 Å². The van der Waals surface area contributed by atoms with E-state index in [-0.39, 0.29) is 0 Å². The van der Waals surface area contributed by atoms with Gasteiger partial charge in [-0.2, -0.15) is 11.3 Å². The van der Waals surface area contributed by atoms with Crippen LogP contribution in [0.2, 0.25) is 0 Å². The van der Waals surface area contributed by atoms with Crippen molar-refractivity contribution in [2.24, 2.45) is 0 Å². The third-order valence-corrected chi connectivity index (χ3v) is 2.52. The first kappa shape index (κ1) is 5.24. The van der Waals surface area contributed by atoms with Gasteiger partial charge in [-0.15, -0.1) is 0 Å².